The molecule has 0 aliphatic heterocycles. The predicted octanol–water partition coefficient (Wildman–Crippen LogP) is 6.75. The molecule has 0 radical (unpaired) electrons. The fourth-order valence-electron chi connectivity index (χ4n) is 3.88. The lowest BCUT2D eigenvalue weighted by molar-refractivity contribution is -0.135. The van der Waals surface area contributed by atoms with Gasteiger partial charge in [0.15, 0.2) is 5.76 Å². The van der Waals surface area contributed by atoms with Crippen molar-refractivity contribution in [2.45, 2.75) is 12.8 Å². The van der Waals surface area contributed by atoms with Gasteiger partial charge < -0.3 is 13.6 Å². The quantitative estimate of drug-likeness (QED) is 0.266. The Hall–Kier alpha value is -4.09. The van der Waals surface area contributed by atoms with Crippen LogP contribution in [0.4, 0.5) is 0 Å². The van der Waals surface area contributed by atoms with Crippen molar-refractivity contribution in [3.05, 3.63) is 123 Å². The third kappa shape index (κ3) is 4.02. The summed E-state index contributed by atoms with van der Waals surface area (Å²) in [7, 11) is 0. The zero-order valence-corrected chi connectivity index (χ0v) is 18.9. The molecule has 3 aromatic carbocycles. The summed E-state index contributed by atoms with van der Waals surface area (Å²) in [6.07, 6.45) is 1.45. The fraction of sp³-hybridized carbons (Fsp3) is 0.0714. The van der Waals surface area contributed by atoms with Gasteiger partial charge in [-0.05, 0) is 47.9 Å². The molecule has 2 heterocycles. The molecule has 0 saturated heterocycles. The van der Waals surface area contributed by atoms with Crippen LogP contribution in [0.2, 0.25) is 5.02 Å². The van der Waals surface area contributed by atoms with Crippen LogP contribution in [0.3, 0.4) is 0 Å². The second-order valence-corrected chi connectivity index (χ2v) is 8.25. The standard InChI is InChI=1S/C28H19ClO5/c1-17-15-23-20(16-21(17)29)25(30)27(26(33-23)22-13-8-14-32-22)34-28(31)24(18-9-4-2-5-10-18)19-11-6-3-7-12-19/h2-16,24H,1H3. The van der Waals surface area contributed by atoms with E-state index in [4.69, 9.17) is 25.2 Å². The van der Waals surface area contributed by atoms with Crippen LogP contribution < -0.4 is 10.2 Å². The summed E-state index contributed by atoms with van der Waals surface area (Å²) in [4.78, 5) is 27.1. The maximum Gasteiger partial charge on any atom is 0.323 e. The molecule has 0 fully saturated rings. The number of hydrogen-bond acceptors (Lipinski definition) is 5. The number of aryl methyl sites for hydroxylation is 1. The Morgan fingerprint density at radius 3 is 2.15 bits per heavy atom. The smallest absolute Gasteiger partial charge is 0.323 e. The van der Waals surface area contributed by atoms with E-state index in [0.717, 1.165) is 16.7 Å². The first kappa shape index (κ1) is 21.7. The summed E-state index contributed by atoms with van der Waals surface area (Å²) in [5.41, 5.74) is 2.04. The predicted molar refractivity (Wildman–Crippen MR) is 130 cm³/mol. The van der Waals surface area contributed by atoms with Crippen molar-refractivity contribution in [3.63, 3.8) is 0 Å². The molecule has 0 amide bonds. The Kier molecular flexibility index (Phi) is 5.78. The van der Waals surface area contributed by atoms with Gasteiger partial charge in [-0.1, -0.05) is 72.3 Å². The Morgan fingerprint density at radius 2 is 1.56 bits per heavy atom. The largest absolute Gasteiger partial charge is 0.461 e. The highest BCUT2D eigenvalue weighted by Gasteiger charge is 2.29. The van der Waals surface area contributed by atoms with Gasteiger partial charge >= 0.3 is 5.97 Å². The molecule has 0 bridgehead atoms. The number of fused-ring (bicyclic) bond motifs is 1. The second kappa shape index (κ2) is 9.04. The number of carbonyl (C=O) groups excluding carboxylic acids is 1. The van der Waals surface area contributed by atoms with Crippen LogP contribution in [-0.2, 0) is 4.79 Å². The van der Waals surface area contributed by atoms with E-state index in [9.17, 15) is 9.59 Å². The van der Waals surface area contributed by atoms with Crippen molar-refractivity contribution in [2.24, 2.45) is 0 Å². The van der Waals surface area contributed by atoms with Crippen molar-refractivity contribution in [1.29, 1.82) is 0 Å². The van der Waals surface area contributed by atoms with E-state index in [1.165, 1.54) is 12.3 Å². The third-order valence-corrected chi connectivity index (χ3v) is 5.99. The summed E-state index contributed by atoms with van der Waals surface area (Å²) >= 11 is 6.26. The van der Waals surface area contributed by atoms with Crippen LogP contribution in [0.5, 0.6) is 5.75 Å². The lowest BCUT2D eigenvalue weighted by Gasteiger charge is -2.17. The van der Waals surface area contributed by atoms with Gasteiger partial charge in [-0.2, -0.15) is 0 Å². The van der Waals surface area contributed by atoms with Crippen molar-refractivity contribution >= 4 is 28.5 Å². The molecular weight excluding hydrogens is 452 g/mol. The van der Waals surface area contributed by atoms with E-state index in [0.29, 0.717) is 10.6 Å². The SMILES string of the molecule is Cc1cc2oc(-c3ccco3)c(OC(=O)C(c3ccccc3)c3ccccc3)c(=O)c2cc1Cl. The van der Waals surface area contributed by atoms with Crippen LogP contribution in [0.15, 0.2) is 105 Å². The summed E-state index contributed by atoms with van der Waals surface area (Å²) in [6, 6.07) is 25.0. The van der Waals surface area contributed by atoms with Gasteiger partial charge in [-0.25, -0.2) is 0 Å². The average molecular weight is 471 g/mol. The molecule has 0 spiro atoms. The maximum atomic E-state index is 13.6. The highest BCUT2D eigenvalue weighted by Crippen LogP contribution is 2.35. The summed E-state index contributed by atoms with van der Waals surface area (Å²) in [5, 5.41) is 0.624. The van der Waals surface area contributed by atoms with E-state index < -0.39 is 17.3 Å². The highest BCUT2D eigenvalue weighted by molar-refractivity contribution is 6.32. The summed E-state index contributed by atoms with van der Waals surface area (Å²) < 4.78 is 17.3. The van der Waals surface area contributed by atoms with Crippen molar-refractivity contribution in [1.82, 2.24) is 0 Å². The van der Waals surface area contributed by atoms with Crippen molar-refractivity contribution < 1.29 is 18.4 Å². The summed E-state index contributed by atoms with van der Waals surface area (Å²) in [5.74, 6) is -1.30. The second-order valence-electron chi connectivity index (χ2n) is 7.84. The molecule has 0 aliphatic carbocycles. The molecule has 168 valence electrons. The number of halogens is 1. The number of carbonyl (C=O) groups is 1. The van der Waals surface area contributed by atoms with Crippen LogP contribution >= 0.6 is 11.6 Å². The number of furan rings is 1. The number of hydrogen-bond donors (Lipinski definition) is 0. The van der Waals surface area contributed by atoms with E-state index in [1.54, 1.807) is 18.2 Å². The molecule has 34 heavy (non-hydrogen) atoms. The first-order valence-electron chi connectivity index (χ1n) is 10.7. The van der Waals surface area contributed by atoms with E-state index >= 15 is 0 Å². The molecule has 5 rings (SSSR count). The van der Waals surface area contributed by atoms with Gasteiger partial charge in [-0.3, -0.25) is 9.59 Å². The minimum absolute atomic E-state index is 0.0393. The van der Waals surface area contributed by atoms with Gasteiger partial charge in [-0.15, -0.1) is 0 Å². The minimum Gasteiger partial charge on any atom is -0.461 e. The third-order valence-electron chi connectivity index (χ3n) is 5.58. The van der Waals surface area contributed by atoms with Crippen LogP contribution in [0.25, 0.3) is 22.5 Å². The molecule has 0 atom stereocenters. The Balaban J connectivity index is 1.67. The zero-order chi connectivity index (χ0) is 23.7. The van der Waals surface area contributed by atoms with E-state index in [2.05, 4.69) is 0 Å². The van der Waals surface area contributed by atoms with Crippen LogP contribution in [0.1, 0.15) is 22.6 Å². The number of benzene rings is 3. The van der Waals surface area contributed by atoms with E-state index in [1.807, 2.05) is 67.6 Å². The summed E-state index contributed by atoms with van der Waals surface area (Å²) in [6.45, 7) is 1.81. The van der Waals surface area contributed by atoms with Crippen LogP contribution in [-0.4, -0.2) is 5.97 Å². The molecule has 5 nitrogen and oxygen atoms in total. The number of esters is 1. The molecule has 0 saturated carbocycles. The minimum atomic E-state index is -0.747. The zero-order valence-electron chi connectivity index (χ0n) is 18.2. The molecule has 2 aromatic heterocycles. The maximum absolute atomic E-state index is 13.6. The van der Waals surface area contributed by atoms with Gasteiger partial charge in [0, 0.05) is 5.02 Å². The molecule has 0 N–H and O–H groups in total. The topological polar surface area (TPSA) is 69.7 Å². The van der Waals surface area contributed by atoms with E-state index in [-0.39, 0.29) is 22.7 Å². The van der Waals surface area contributed by atoms with Crippen LogP contribution in [0, 0.1) is 6.92 Å². The number of ether oxygens (including phenoxy) is 1. The van der Waals surface area contributed by atoms with Crippen molar-refractivity contribution in [2.75, 3.05) is 0 Å². The molecule has 0 aliphatic rings. The first-order chi connectivity index (χ1) is 16.5. The molecule has 5 aromatic rings. The molecular formula is C28H19ClO5. The first-order valence-corrected chi connectivity index (χ1v) is 11.0. The van der Waals surface area contributed by atoms with Gasteiger partial charge in [0.2, 0.25) is 16.9 Å². The van der Waals surface area contributed by atoms with Gasteiger partial charge in [0.1, 0.15) is 11.5 Å². The average Bonchev–Trinajstić information content (AvgIpc) is 3.39. The lowest BCUT2D eigenvalue weighted by atomic mass is 9.91. The van der Waals surface area contributed by atoms with Gasteiger partial charge in [0.25, 0.3) is 0 Å². The Labute approximate surface area is 200 Å². The lowest BCUT2D eigenvalue weighted by Crippen LogP contribution is -2.23. The van der Waals surface area contributed by atoms with Crippen molar-refractivity contribution in [3.8, 4) is 17.3 Å². The molecule has 6 heteroatoms. The van der Waals surface area contributed by atoms with Gasteiger partial charge in [0.05, 0.1) is 11.6 Å². The normalized spacial score (nSPS) is 11.1. The highest BCUT2D eigenvalue weighted by atomic mass is 35.5. The fourth-order valence-corrected chi connectivity index (χ4v) is 4.04. The number of rotatable bonds is 5. The monoisotopic (exact) mass is 470 g/mol. The Morgan fingerprint density at radius 1 is 0.912 bits per heavy atom. The molecule has 0 unspecified atom stereocenters. The Bertz CT molecular complexity index is 1480.